The summed E-state index contributed by atoms with van der Waals surface area (Å²) in [4.78, 5) is 11.6. The van der Waals surface area contributed by atoms with E-state index in [9.17, 15) is 14.3 Å². The third kappa shape index (κ3) is 4.93. The van der Waals surface area contributed by atoms with Crippen molar-refractivity contribution in [1.29, 1.82) is 0 Å². The van der Waals surface area contributed by atoms with E-state index in [4.69, 9.17) is 14.6 Å². The Morgan fingerprint density at radius 1 is 1.03 bits per heavy atom. The zero-order valence-corrected chi connectivity index (χ0v) is 19.0. The average molecular weight is 461 g/mol. The van der Waals surface area contributed by atoms with Crippen molar-refractivity contribution in [1.82, 2.24) is 9.78 Å². The number of carbonyl (C=O) groups is 1. The predicted octanol–water partition coefficient (Wildman–Crippen LogP) is 5.90. The van der Waals surface area contributed by atoms with Gasteiger partial charge in [-0.25, -0.2) is 9.18 Å². The van der Waals surface area contributed by atoms with Crippen LogP contribution in [-0.4, -0.2) is 34.6 Å². The van der Waals surface area contributed by atoms with E-state index in [0.29, 0.717) is 47.2 Å². The van der Waals surface area contributed by atoms with Gasteiger partial charge in [0.1, 0.15) is 17.3 Å². The lowest BCUT2D eigenvalue weighted by Crippen LogP contribution is -2.06. The number of methoxy groups -OCH3 is 1. The number of para-hydroxylation sites is 1. The van der Waals surface area contributed by atoms with Crippen molar-refractivity contribution >= 4 is 5.97 Å². The van der Waals surface area contributed by atoms with Crippen LogP contribution in [-0.2, 0) is 6.54 Å². The molecule has 3 aromatic carbocycles. The number of rotatable bonds is 9. The van der Waals surface area contributed by atoms with Gasteiger partial charge < -0.3 is 14.6 Å². The van der Waals surface area contributed by atoms with Crippen LogP contribution in [0, 0.1) is 5.82 Å². The molecule has 0 atom stereocenters. The van der Waals surface area contributed by atoms with Crippen LogP contribution in [0.5, 0.6) is 11.5 Å². The van der Waals surface area contributed by atoms with Crippen molar-refractivity contribution in [3.63, 3.8) is 0 Å². The highest BCUT2D eigenvalue weighted by Gasteiger charge is 2.18. The normalized spacial score (nSPS) is 10.8. The molecule has 0 aliphatic heterocycles. The van der Waals surface area contributed by atoms with Gasteiger partial charge in [-0.2, -0.15) is 5.10 Å². The molecule has 0 unspecified atom stereocenters. The van der Waals surface area contributed by atoms with Gasteiger partial charge in [-0.1, -0.05) is 37.3 Å². The van der Waals surface area contributed by atoms with Crippen LogP contribution < -0.4 is 9.47 Å². The Morgan fingerprint density at radius 3 is 2.59 bits per heavy atom. The number of ether oxygens (including phenoxy) is 2. The first-order valence-electron chi connectivity index (χ1n) is 11.0. The van der Waals surface area contributed by atoms with Gasteiger partial charge in [-0.05, 0) is 48.9 Å². The summed E-state index contributed by atoms with van der Waals surface area (Å²) in [6.45, 7) is 2.85. The monoisotopic (exact) mass is 460 g/mol. The lowest BCUT2D eigenvalue weighted by atomic mass is 10.0. The number of nitrogens with zero attached hydrogens (tertiary/aromatic N) is 2. The summed E-state index contributed by atoms with van der Waals surface area (Å²) in [5.74, 6) is -0.143. The molecule has 1 heterocycles. The maximum Gasteiger partial charge on any atom is 0.335 e. The molecule has 0 radical (unpaired) electrons. The summed E-state index contributed by atoms with van der Waals surface area (Å²) in [6, 6.07) is 20.4. The Kier molecular flexibility index (Phi) is 6.92. The van der Waals surface area contributed by atoms with Crippen molar-refractivity contribution in [2.45, 2.75) is 19.9 Å². The Hall–Kier alpha value is -4.13. The summed E-state index contributed by atoms with van der Waals surface area (Å²) < 4.78 is 27.2. The lowest BCUT2D eigenvalue weighted by molar-refractivity contribution is 0.0697. The van der Waals surface area contributed by atoms with Crippen molar-refractivity contribution in [2.75, 3.05) is 13.7 Å². The minimum atomic E-state index is -1.04. The quantitative estimate of drug-likeness (QED) is 0.337. The van der Waals surface area contributed by atoms with Gasteiger partial charge >= 0.3 is 5.97 Å². The standard InChI is InChI=1S/C27H25FN2O4/c1-3-13-34-26-12-11-19(27(31)32)15-22(26)23-16-24(18-8-6-9-21(28)14-18)30(29-23)17-20-7-4-5-10-25(20)33-2/h4-12,14-16H,3,13,17H2,1-2H3,(H,31,32). The molecule has 34 heavy (non-hydrogen) atoms. The molecular formula is C27H25FN2O4. The summed E-state index contributed by atoms with van der Waals surface area (Å²) in [5.41, 5.74) is 3.46. The third-order valence-corrected chi connectivity index (χ3v) is 5.38. The first kappa shape index (κ1) is 23.0. The number of carboxylic acid groups (broad SMARTS) is 1. The van der Waals surface area contributed by atoms with Gasteiger partial charge in [-0.15, -0.1) is 0 Å². The Morgan fingerprint density at radius 2 is 1.85 bits per heavy atom. The number of aromatic nitrogens is 2. The number of carboxylic acids is 1. The van der Waals surface area contributed by atoms with Crippen LogP contribution >= 0.6 is 0 Å². The molecule has 0 fully saturated rings. The van der Waals surface area contributed by atoms with Crippen LogP contribution in [0.2, 0.25) is 0 Å². The van der Waals surface area contributed by atoms with Crippen molar-refractivity contribution < 1.29 is 23.8 Å². The van der Waals surface area contributed by atoms with E-state index in [-0.39, 0.29) is 11.4 Å². The molecule has 7 heteroatoms. The maximum atomic E-state index is 14.1. The molecule has 4 aromatic rings. The molecule has 1 N–H and O–H groups in total. The summed E-state index contributed by atoms with van der Waals surface area (Å²) in [5, 5.41) is 14.3. The molecule has 4 rings (SSSR count). The number of hydrogen-bond donors (Lipinski definition) is 1. The first-order chi connectivity index (χ1) is 16.5. The minimum Gasteiger partial charge on any atom is -0.496 e. The van der Waals surface area contributed by atoms with Crippen LogP contribution in [0.4, 0.5) is 4.39 Å². The van der Waals surface area contributed by atoms with Gasteiger partial charge in [0.2, 0.25) is 0 Å². The highest BCUT2D eigenvalue weighted by molar-refractivity contribution is 5.90. The van der Waals surface area contributed by atoms with Crippen LogP contribution in [0.25, 0.3) is 22.5 Å². The van der Waals surface area contributed by atoms with E-state index < -0.39 is 5.97 Å². The van der Waals surface area contributed by atoms with Crippen molar-refractivity contribution in [2.24, 2.45) is 0 Å². The molecule has 0 saturated heterocycles. The topological polar surface area (TPSA) is 73.6 Å². The molecule has 0 saturated carbocycles. The fraction of sp³-hybridized carbons (Fsp3) is 0.185. The van der Waals surface area contributed by atoms with Crippen molar-refractivity contribution in [3.05, 3.63) is 89.7 Å². The first-order valence-corrected chi connectivity index (χ1v) is 11.0. The second kappa shape index (κ2) is 10.2. The zero-order chi connectivity index (χ0) is 24.1. The molecule has 0 amide bonds. The third-order valence-electron chi connectivity index (χ3n) is 5.38. The van der Waals surface area contributed by atoms with Gasteiger partial charge in [0.25, 0.3) is 0 Å². The Bertz CT molecular complexity index is 1320. The Balaban J connectivity index is 1.87. The zero-order valence-electron chi connectivity index (χ0n) is 19.0. The minimum absolute atomic E-state index is 0.130. The molecule has 6 nitrogen and oxygen atoms in total. The Labute approximate surface area is 197 Å². The number of benzene rings is 3. The fourth-order valence-electron chi connectivity index (χ4n) is 3.75. The largest absolute Gasteiger partial charge is 0.496 e. The van der Waals surface area contributed by atoms with E-state index in [2.05, 4.69) is 0 Å². The molecule has 0 spiro atoms. The van der Waals surface area contributed by atoms with Crippen LogP contribution in [0.3, 0.4) is 0 Å². The van der Waals surface area contributed by atoms with E-state index in [1.807, 2.05) is 43.3 Å². The summed E-state index contributed by atoms with van der Waals surface area (Å²) in [7, 11) is 1.61. The SMILES string of the molecule is CCCOc1ccc(C(=O)O)cc1-c1cc(-c2cccc(F)c2)n(Cc2ccccc2OC)n1. The molecule has 0 aliphatic carbocycles. The highest BCUT2D eigenvalue weighted by Crippen LogP contribution is 2.34. The van der Waals surface area contributed by atoms with Gasteiger partial charge in [-0.3, -0.25) is 4.68 Å². The number of hydrogen-bond acceptors (Lipinski definition) is 4. The second-order valence-electron chi connectivity index (χ2n) is 7.76. The smallest absolute Gasteiger partial charge is 0.335 e. The highest BCUT2D eigenvalue weighted by atomic mass is 19.1. The summed E-state index contributed by atoms with van der Waals surface area (Å²) >= 11 is 0. The van der Waals surface area contributed by atoms with Gasteiger partial charge in [0.05, 0.1) is 37.2 Å². The van der Waals surface area contributed by atoms with Crippen molar-refractivity contribution in [3.8, 4) is 34.0 Å². The lowest BCUT2D eigenvalue weighted by Gasteiger charge is -2.12. The molecular weight excluding hydrogens is 435 g/mol. The van der Waals surface area contributed by atoms with E-state index in [1.54, 1.807) is 30.0 Å². The van der Waals surface area contributed by atoms with E-state index in [0.717, 1.165) is 12.0 Å². The van der Waals surface area contributed by atoms with Crippen LogP contribution in [0.15, 0.2) is 72.8 Å². The fourth-order valence-corrected chi connectivity index (χ4v) is 3.75. The maximum absolute atomic E-state index is 14.1. The van der Waals surface area contributed by atoms with E-state index >= 15 is 0 Å². The van der Waals surface area contributed by atoms with Gasteiger partial charge in [0, 0.05) is 16.7 Å². The average Bonchev–Trinajstić information content (AvgIpc) is 3.26. The molecule has 0 aliphatic rings. The molecule has 174 valence electrons. The molecule has 1 aromatic heterocycles. The number of aromatic carboxylic acids is 1. The predicted molar refractivity (Wildman–Crippen MR) is 128 cm³/mol. The second-order valence-corrected chi connectivity index (χ2v) is 7.76. The van der Waals surface area contributed by atoms with Gasteiger partial charge in [0.15, 0.2) is 0 Å². The number of halogens is 1. The van der Waals surface area contributed by atoms with E-state index in [1.165, 1.54) is 18.2 Å². The summed E-state index contributed by atoms with van der Waals surface area (Å²) in [6.07, 6.45) is 0.802. The van der Waals surface area contributed by atoms with Crippen LogP contribution in [0.1, 0.15) is 29.3 Å². The molecule has 0 bridgehead atoms.